The predicted molar refractivity (Wildman–Crippen MR) is 70.3 cm³/mol. The average molecular weight is 327 g/mol. The van der Waals surface area contributed by atoms with Crippen LogP contribution in [0, 0.1) is 11.6 Å². The van der Waals surface area contributed by atoms with E-state index in [1.807, 2.05) is 18.7 Å². The van der Waals surface area contributed by atoms with Crippen LogP contribution in [0.1, 0.15) is 19.4 Å². The Morgan fingerprint density at radius 1 is 1.35 bits per heavy atom. The lowest BCUT2D eigenvalue weighted by Gasteiger charge is -2.26. The van der Waals surface area contributed by atoms with Crippen molar-refractivity contribution in [2.24, 2.45) is 0 Å². The summed E-state index contributed by atoms with van der Waals surface area (Å²) in [6.45, 7) is 4.77. The summed E-state index contributed by atoms with van der Waals surface area (Å²) in [5.74, 6) is -0.619. The van der Waals surface area contributed by atoms with Crippen LogP contribution in [0.2, 0.25) is 0 Å². The van der Waals surface area contributed by atoms with Gasteiger partial charge in [-0.2, -0.15) is 0 Å². The van der Waals surface area contributed by atoms with Crippen molar-refractivity contribution in [1.82, 2.24) is 4.90 Å². The second kappa shape index (κ2) is 6.66. The van der Waals surface area contributed by atoms with Gasteiger partial charge in [0.15, 0.2) is 0 Å². The molecule has 0 aliphatic heterocycles. The van der Waals surface area contributed by atoms with Crippen LogP contribution in [0.15, 0.2) is 16.6 Å². The van der Waals surface area contributed by atoms with Crippen LogP contribution < -0.4 is 0 Å². The molecule has 0 bridgehead atoms. The minimum atomic E-state index is -0.537. The molecule has 0 amide bonds. The van der Waals surface area contributed by atoms with E-state index in [1.165, 1.54) is 12.1 Å². The van der Waals surface area contributed by atoms with E-state index in [-0.39, 0.29) is 22.6 Å². The smallest absolute Gasteiger partial charge is 0.144 e. The number of rotatable bonds is 5. The SMILES string of the molecule is CC(C)N(CCCl)Cc1c(F)ccc(Br)c1F. The fourth-order valence-electron chi connectivity index (χ4n) is 1.55. The van der Waals surface area contributed by atoms with Gasteiger partial charge in [0.2, 0.25) is 0 Å². The Bertz CT molecular complexity index is 385. The summed E-state index contributed by atoms with van der Waals surface area (Å²) in [6.07, 6.45) is 0. The molecule has 0 unspecified atom stereocenters. The first kappa shape index (κ1) is 14.9. The van der Waals surface area contributed by atoms with Gasteiger partial charge in [-0.05, 0) is 41.9 Å². The molecule has 0 saturated carbocycles. The van der Waals surface area contributed by atoms with Crippen LogP contribution in [0.3, 0.4) is 0 Å². The first-order valence-electron chi connectivity index (χ1n) is 5.39. The molecule has 0 aliphatic rings. The van der Waals surface area contributed by atoms with Gasteiger partial charge in [0.1, 0.15) is 11.6 Å². The van der Waals surface area contributed by atoms with Crippen molar-refractivity contribution < 1.29 is 8.78 Å². The normalized spacial score (nSPS) is 11.5. The molecule has 1 nitrogen and oxygen atoms in total. The third-order valence-corrected chi connectivity index (χ3v) is 3.38. The van der Waals surface area contributed by atoms with Crippen LogP contribution in [0.4, 0.5) is 8.78 Å². The Hall–Kier alpha value is -0.190. The number of benzene rings is 1. The molecule has 1 rings (SSSR count). The van der Waals surface area contributed by atoms with Crippen molar-refractivity contribution in [3.8, 4) is 0 Å². The molecular formula is C12H15BrClF2N. The number of hydrogen-bond acceptors (Lipinski definition) is 1. The molecule has 0 radical (unpaired) electrons. The summed E-state index contributed by atoms with van der Waals surface area (Å²) in [6, 6.07) is 2.82. The van der Waals surface area contributed by atoms with Crippen LogP contribution in [-0.2, 0) is 6.54 Å². The van der Waals surface area contributed by atoms with E-state index >= 15 is 0 Å². The Morgan fingerprint density at radius 3 is 2.53 bits per heavy atom. The first-order chi connectivity index (χ1) is 7.97. The average Bonchev–Trinajstić information content (AvgIpc) is 2.28. The summed E-state index contributed by atoms with van der Waals surface area (Å²) in [5, 5.41) is 0. The number of halogens is 4. The third kappa shape index (κ3) is 3.90. The molecule has 0 saturated heterocycles. The molecule has 0 fully saturated rings. The first-order valence-corrected chi connectivity index (χ1v) is 6.72. The maximum Gasteiger partial charge on any atom is 0.144 e. The molecule has 0 aliphatic carbocycles. The molecule has 1 aromatic carbocycles. The van der Waals surface area contributed by atoms with Crippen molar-refractivity contribution in [2.45, 2.75) is 26.4 Å². The van der Waals surface area contributed by atoms with Crippen LogP contribution in [-0.4, -0.2) is 23.4 Å². The zero-order valence-electron chi connectivity index (χ0n) is 9.81. The van der Waals surface area contributed by atoms with Gasteiger partial charge in [-0.25, -0.2) is 8.78 Å². The van der Waals surface area contributed by atoms with Gasteiger partial charge < -0.3 is 0 Å². The standard InChI is InChI=1S/C12H15BrClF2N/c1-8(2)17(6-5-14)7-9-11(15)4-3-10(13)12(9)16/h3-4,8H,5-7H2,1-2H3. The Kier molecular flexibility index (Phi) is 5.83. The molecule has 0 heterocycles. The van der Waals surface area contributed by atoms with Crippen molar-refractivity contribution in [2.75, 3.05) is 12.4 Å². The zero-order chi connectivity index (χ0) is 13.0. The molecule has 1 aromatic rings. The van der Waals surface area contributed by atoms with E-state index in [4.69, 9.17) is 11.6 Å². The summed E-state index contributed by atoms with van der Waals surface area (Å²) in [4.78, 5) is 1.93. The number of alkyl halides is 1. The highest BCUT2D eigenvalue weighted by molar-refractivity contribution is 9.10. The fraction of sp³-hybridized carbons (Fsp3) is 0.500. The molecular weight excluding hydrogens is 311 g/mol. The van der Waals surface area contributed by atoms with E-state index in [9.17, 15) is 8.78 Å². The summed E-state index contributed by atoms with van der Waals surface area (Å²) in [5.41, 5.74) is 0.0817. The van der Waals surface area contributed by atoms with Gasteiger partial charge in [0.25, 0.3) is 0 Å². The Labute approximate surface area is 114 Å². The zero-order valence-corrected chi connectivity index (χ0v) is 12.2. The second-order valence-corrected chi connectivity index (χ2v) is 5.31. The molecule has 0 spiro atoms. The second-order valence-electron chi connectivity index (χ2n) is 4.07. The monoisotopic (exact) mass is 325 g/mol. The minimum Gasteiger partial charge on any atom is -0.295 e. The molecule has 5 heteroatoms. The molecule has 0 aromatic heterocycles. The topological polar surface area (TPSA) is 3.24 Å². The van der Waals surface area contributed by atoms with E-state index < -0.39 is 11.6 Å². The lowest BCUT2D eigenvalue weighted by molar-refractivity contribution is 0.220. The van der Waals surface area contributed by atoms with Gasteiger partial charge in [-0.1, -0.05) is 0 Å². The largest absolute Gasteiger partial charge is 0.295 e. The highest BCUT2D eigenvalue weighted by Gasteiger charge is 2.17. The van der Waals surface area contributed by atoms with E-state index in [1.54, 1.807) is 0 Å². The van der Waals surface area contributed by atoms with E-state index in [0.717, 1.165) is 0 Å². The highest BCUT2D eigenvalue weighted by atomic mass is 79.9. The quantitative estimate of drug-likeness (QED) is 0.580. The summed E-state index contributed by atoms with van der Waals surface area (Å²) < 4.78 is 27.6. The van der Waals surface area contributed by atoms with Gasteiger partial charge >= 0.3 is 0 Å². The molecule has 0 atom stereocenters. The van der Waals surface area contributed by atoms with E-state index in [0.29, 0.717) is 12.4 Å². The number of hydrogen-bond donors (Lipinski definition) is 0. The Balaban J connectivity index is 2.96. The lowest BCUT2D eigenvalue weighted by atomic mass is 10.1. The van der Waals surface area contributed by atoms with Gasteiger partial charge in [0, 0.05) is 30.6 Å². The maximum atomic E-state index is 13.8. The van der Waals surface area contributed by atoms with Gasteiger partial charge in [-0.3, -0.25) is 4.90 Å². The molecule has 17 heavy (non-hydrogen) atoms. The maximum absolute atomic E-state index is 13.8. The summed E-state index contributed by atoms with van der Waals surface area (Å²) >= 11 is 8.74. The lowest BCUT2D eigenvalue weighted by Crippen LogP contribution is -2.32. The van der Waals surface area contributed by atoms with Crippen molar-refractivity contribution in [1.29, 1.82) is 0 Å². The third-order valence-electron chi connectivity index (χ3n) is 2.60. The van der Waals surface area contributed by atoms with Gasteiger partial charge in [0.05, 0.1) is 4.47 Å². The molecule has 96 valence electrons. The van der Waals surface area contributed by atoms with E-state index in [2.05, 4.69) is 15.9 Å². The molecule has 0 N–H and O–H groups in total. The minimum absolute atomic E-state index is 0.0817. The fourth-order valence-corrected chi connectivity index (χ4v) is 2.13. The number of nitrogens with zero attached hydrogens (tertiary/aromatic N) is 1. The van der Waals surface area contributed by atoms with Crippen molar-refractivity contribution in [3.63, 3.8) is 0 Å². The summed E-state index contributed by atoms with van der Waals surface area (Å²) in [7, 11) is 0. The highest BCUT2D eigenvalue weighted by Crippen LogP contribution is 2.23. The van der Waals surface area contributed by atoms with Crippen molar-refractivity contribution >= 4 is 27.5 Å². The van der Waals surface area contributed by atoms with Crippen molar-refractivity contribution in [3.05, 3.63) is 33.8 Å². The van der Waals surface area contributed by atoms with Crippen LogP contribution >= 0.6 is 27.5 Å². The van der Waals surface area contributed by atoms with Crippen LogP contribution in [0.25, 0.3) is 0 Å². The Morgan fingerprint density at radius 2 is 2.00 bits per heavy atom. The van der Waals surface area contributed by atoms with Crippen LogP contribution in [0.5, 0.6) is 0 Å². The predicted octanol–water partition coefficient (Wildman–Crippen LogP) is 4.18. The van der Waals surface area contributed by atoms with Gasteiger partial charge in [-0.15, -0.1) is 11.6 Å².